The van der Waals surface area contributed by atoms with Crippen molar-refractivity contribution in [1.29, 1.82) is 0 Å². The van der Waals surface area contributed by atoms with Gasteiger partial charge in [0.05, 0.1) is 6.61 Å². The fourth-order valence-corrected chi connectivity index (χ4v) is 2.60. The van der Waals surface area contributed by atoms with Crippen molar-refractivity contribution in [3.05, 3.63) is 21.4 Å². The van der Waals surface area contributed by atoms with Crippen LogP contribution in [0.5, 0.6) is 0 Å². The van der Waals surface area contributed by atoms with E-state index < -0.39 is 25.1 Å². The Morgan fingerprint density at radius 3 is 2.20 bits per heavy atom. The molecular weight excluding hydrogens is 308 g/mol. The third kappa shape index (κ3) is 4.64. The number of thiophene rings is 1. The number of hydrogen-bond acceptors (Lipinski definition) is 3. The van der Waals surface area contributed by atoms with Crippen LogP contribution in [-0.4, -0.2) is 25.5 Å². The minimum absolute atomic E-state index is 0.332. The van der Waals surface area contributed by atoms with Crippen LogP contribution in [0.2, 0.25) is 0 Å². The van der Waals surface area contributed by atoms with Crippen LogP contribution < -0.4 is 5.32 Å². The zero-order chi connectivity index (χ0) is 15.6. The largest absolute Gasteiger partial charge is 0.423 e. The molecule has 0 amide bonds. The van der Waals surface area contributed by atoms with Crippen molar-refractivity contribution in [3.8, 4) is 0 Å². The molecule has 0 saturated carbocycles. The number of nitrogens with one attached hydrogen (secondary N) is 1. The molecule has 0 unspecified atom stereocenters. The Morgan fingerprint density at radius 2 is 1.75 bits per heavy atom. The van der Waals surface area contributed by atoms with E-state index in [4.69, 9.17) is 0 Å². The second kappa shape index (κ2) is 6.31. The van der Waals surface area contributed by atoms with E-state index in [9.17, 15) is 26.3 Å². The molecule has 2 nitrogen and oxygen atoms in total. The summed E-state index contributed by atoms with van der Waals surface area (Å²) in [5.41, 5.74) is 0.332. The lowest BCUT2D eigenvalue weighted by molar-refractivity contribution is -0.324. The Morgan fingerprint density at radius 1 is 1.20 bits per heavy atom. The standard InChI is InChI=1S/C11H13F6NOS/c1-6-7(3-8(20-6)4-18-2)5-19-9(10(12,13)14)11(15,16)17/h3,9,18H,4-5H2,1-2H3. The molecule has 1 aromatic rings. The van der Waals surface area contributed by atoms with Gasteiger partial charge >= 0.3 is 12.4 Å². The van der Waals surface area contributed by atoms with E-state index in [0.717, 1.165) is 4.88 Å². The van der Waals surface area contributed by atoms with Crippen LogP contribution in [0.4, 0.5) is 26.3 Å². The minimum Gasteiger partial charge on any atom is -0.356 e. The van der Waals surface area contributed by atoms with Gasteiger partial charge in [0.1, 0.15) is 0 Å². The second-order valence-corrected chi connectivity index (χ2v) is 5.44. The number of aryl methyl sites for hydroxylation is 1. The van der Waals surface area contributed by atoms with E-state index in [0.29, 0.717) is 17.0 Å². The molecule has 116 valence electrons. The summed E-state index contributed by atoms with van der Waals surface area (Å²) in [5, 5.41) is 2.85. The molecule has 0 aliphatic heterocycles. The summed E-state index contributed by atoms with van der Waals surface area (Å²) in [6.45, 7) is 1.39. The summed E-state index contributed by atoms with van der Waals surface area (Å²) in [6, 6.07) is 1.54. The molecule has 20 heavy (non-hydrogen) atoms. The Balaban J connectivity index is 2.78. The summed E-state index contributed by atoms with van der Waals surface area (Å²) in [7, 11) is 1.69. The molecule has 0 aliphatic carbocycles. The topological polar surface area (TPSA) is 21.3 Å². The predicted octanol–water partition coefficient (Wildman–Crippen LogP) is 3.79. The van der Waals surface area contributed by atoms with Crippen LogP contribution in [0.15, 0.2) is 6.07 Å². The number of alkyl halides is 6. The third-order valence-electron chi connectivity index (χ3n) is 2.42. The highest BCUT2D eigenvalue weighted by Crippen LogP contribution is 2.36. The highest BCUT2D eigenvalue weighted by atomic mass is 32.1. The Labute approximate surface area is 115 Å². The van der Waals surface area contributed by atoms with Crippen LogP contribution in [0.1, 0.15) is 15.3 Å². The van der Waals surface area contributed by atoms with Gasteiger partial charge in [-0.15, -0.1) is 11.3 Å². The van der Waals surface area contributed by atoms with Crippen molar-refractivity contribution < 1.29 is 31.1 Å². The van der Waals surface area contributed by atoms with Gasteiger partial charge in [-0.05, 0) is 25.6 Å². The number of halogens is 6. The van der Waals surface area contributed by atoms with Gasteiger partial charge in [0.2, 0.25) is 6.10 Å². The summed E-state index contributed by atoms with van der Waals surface area (Å²) < 4.78 is 77.8. The average molecular weight is 321 g/mol. The van der Waals surface area contributed by atoms with Gasteiger partial charge in [-0.2, -0.15) is 26.3 Å². The molecule has 1 N–H and O–H groups in total. The number of ether oxygens (including phenoxy) is 1. The quantitative estimate of drug-likeness (QED) is 0.833. The van der Waals surface area contributed by atoms with Crippen LogP contribution in [0, 0.1) is 6.92 Å². The monoisotopic (exact) mass is 321 g/mol. The Kier molecular flexibility index (Phi) is 5.45. The summed E-state index contributed by atoms with van der Waals surface area (Å²) in [4.78, 5) is 1.46. The Hall–Kier alpha value is -0.800. The SMILES string of the molecule is CNCc1cc(COC(C(F)(F)F)C(F)(F)F)c(C)s1. The first kappa shape index (κ1) is 17.3. The molecule has 1 aromatic heterocycles. The van der Waals surface area contributed by atoms with Gasteiger partial charge in [-0.1, -0.05) is 0 Å². The van der Waals surface area contributed by atoms with Gasteiger partial charge in [-0.3, -0.25) is 0 Å². The number of rotatable bonds is 5. The number of hydrogen-bond donors (Lipinski definition) is 1. The molecule has 1 rings (SSSR count). The maximum atomic E-state index is 12.3. The molecule has 9 heteroatoms. The van der Waals surface area contributed by atoms with Crippen molar-refractivity contribution in [2.24, 2.45) is 0 Å². The highest BCUT2D eigenvalue weighted by Gasteiger charge is 2.57. The molecule has 0 saturated heterocycles. The smallest absolute Gasteiger partial charge is 0.356 e. The normalized spacial score (nSPS) is 13.2. The maximum Gasteiger partial charge on any atom is 0.423 e. The van der Waals surface area contributed by atoms with Crippen LogP contribution >= 0.6 is 11.3 Å². The zero-order valence-electron chi connectivity index (χ0n) is 10.7. The molecule has 0 fully saturated rings. The van der Waals surface area contributed by atoms with Gasteiger partial charge in [0.15, 0.2) is 0 Å². The van der Waals surface area contributed by atoms with E-state index in [-0.39, 0.29) is 0 Å². The van der Waals surface area contributed by atoms with Crippen molar-refractivity contribution in [3.63, 3.8) is 0 Å². The van der Waals surface area contributed by atoms with E-state index in [1.807, 2.05) is 0 Å². The second-order valence-electron chi connectivity index (χ2n) is 4.10. The molecule has 0 bridgehead atoms. The highest BCUT2D eigenvalue weighted by molar-refractivity contribution is 7.12. The minimum atomic E-state index is -5.48. The van der Waals surface area contributed by atoms with Crippen LogP contribution in [0.3, 0.4) is 0 Å². The maximum absolute atomic E-state index is 12.3. The molecule has 0 aromatic carbocycles. The lowest BCUT2D eigenvalue weighted by atomic mass is 10.2. The van der Waals surface area contributed by atoms with Crippen LogP contribution in [0.25, 0.3) is 0 Å². The third-order valence-corrected chi connectivity index (χ3v) is 3.52. The summed E-state index contributed by atoms with van der Waals surface area (Å²) in [6.07, 6.45) is -14.7. The molecular formula is C11H13F6NOS. The lowest BCUT2D eigenvalue weighted by Gasteiger charge is -2.23. The van der Waals surface area contributed by atoms with Crippen molar-refractivity contribution >= 4 is 11.3 Å². The van der Waals surface area contributed by atoms with Crippen molar-refractivity contribution in [1.82, 2.24) is 5.32 Å². The van der Waals surface area contributed by atoms with E-state index in [2.05, 4.69) is 10.1 Å². The van der Waals surface area contributed by atoms with Gasteiger partial charge in [0, 0.05) is 16.3 Å². The van der Waals surface area contributed by atoms with Crippen molar-refractivity contribution in [2.45, 2.75) is 38.5 Å². The fraction of sp³-hybridized carbons (Fsp3) is 0.636. The van der Waals surface area contributed by atoms with E-state index in [1.165, 1.54) is 11.3 Å². The van der Waals surface area contributed by atoms with E-state index in [1.54, 1.807) is 20.0 Å². The first-order valence-corrected chi connectivity index (χ1v) is 6.35. The summed E-state index contributed by atoms with van der Waals surface area (Å²) in [5.74, 6) is 0. The fourth-order valence-electron chi connectivity index (χ4n) is 1.54. The summed E-state index contributed by atoms with van der Waals surface area (Å²) >= 11 is 1.30. The Bertz CT molecular complexity index is 425. The molecule has 0 spiro atoms. The first-order valence-electron chi connectivity index (χ1n) is 5.53. The molecule has 0 radical (unpaired) electrons. The molecule has 1 heterocycles. The van der Waals surface area contributed by atoms with Crippen LogP contribution in [-0.2, 0) is 17.9 Å². The van der Waals surface area contributed by atoms with Gasteiger partial charge < -0.3 is 10.1 Å². The predicted molar refractivity (Wildman–Crippen MR) is 62.5 cm³/mol. The lowest BCUT2D eigenvalue weighted by Crippen LogP contribution is -2.44. The van der Waals surface area contributed by atoms with Crippen molar-refractivity contribution in [2.75, 3.05) is 7.05 Å². The van der Waals surface area contributed by atoms with Gasteiger partial charge in [-0.25, -0.2) is 0 Å². The van der Waals surface area contributed by atoms with Gasteiger partial charge in [0.25, 0.3) is 0 Å². The van der Waals surface area contributed by atoms with E-state index >= 15 is 0 Å². The first-order chi connectivity index (χ1) is 9.05. The molecule has 0 atom stereocenters. The molecule has 0 aliphatic rings. The zero-order valence-corrected chi connectivity index (χ0v) is 11.5. The average Bonchev–Trinajstić information content (AvgIpc) is 2.56.